The molecule has 2 aromatic carbocycles. The van der Waals surface area contributed by atoms with Crippen LogP contribution in [-0.4, -0.2) is 107 Å². The van der Waals surface area contributed by atoms with Crippen molar-refractivity contribution in [3.05, 3.63) is 60.2 Å². The van der Waals surface area contributed by atoms with Gasteiger partial charge >= 0.3 is 0 Å². The Balaban J connectivity index is 0.0000105. The standard InChI is InChI=1S/C37H52N8O9.ClH/c1-37(2,3)43-34(51)28-11-8-18-45(28)36(53)32(49)26(19-22-9-6-5-7-10-22)42-33(50)27(20-30(40)47)41-31(48)21-54-24-14-12-23(13-15-24)44(4)35(52)25(38)16-17-29(39)46;/h5-7,9-10,12-15,25-28,32,49H,8,11,16-21,38H2,1-4H3,(H2,39,46)(H2,40,47)(H,41,48)(H,42,50)(H,43,51);1H/t25-,26-,27-,28-,32-;/m0./s1. The molecule has 1 heterocycles. The molecule has 0 unspecified atom stereocenters. The lowest BCUT2D eigenvalue weighted by molar-refractivity contribution is -0.147. The maximum absolute atomic E-state index is 13.7. The van der Waals surface area contributed by atoms with Gasteiger partial charge in [-0.25, -0.2) is 0 Å². The molecule has 1 aliphatic heterocycles. The summed E-state index contributed by atoms with van der Waals surface area (Å²) in [6.07, 6.45) is -1.38. The average Bonchev–Trinajstić information content (AvgIpc) is 3.61. The van der Waals surface area contributed by atoms with Gasteiger partial charge in [0.25, 0.3) is 11.8 Å². The summed E-state index contributed by atoms with van der Waals surface area (Å²) in [6.45, 7) is 5.11. The Morgan fingerprint density at radius 3 is 2.18 bits per heavy atom. The quantitative estimate of drug-likeness (QED) is 0.101. The number of hydrogen-bond acceptors (Lipinski definition) is 10. The molecule has 1 fully saturated rings. The molecule has 2 aromatic rings. The van der Waals surface area contributed by atoms with Crippen LogP contribution in [0.1, 0.15) is 58.4 Å². The fourth-order valence-electron chi connectivity index (χ4n) is 5.85. The molecule has 0 aromatic heterocycles. The van der Waals surface area contributed by atoms with Gasteiger partial charge in [-0.3, -0.25) is 33.6 Å². The summed E-state index contributed by atoms with van der Waals surface area (Å²) in [7, 11) is 1.51. The van der Waals surface area contributed by atoms with Gasteiger partial charge in [-0.15, -0.1) is 12.4 Å². The second-order valence-electron chi connectivity index (χ2n) is 14.3. The summed E-state index contributed by atoms with van der Waals surface area (Å²) in [6, 6.07) is 10.4. The van der Waals surface area contributed by atoms with Crippen molar-refractivity contribution in [2.24, 2.45) is 17.2 Å². The van der Waals surface area contributed by atoms with Gasteiger partial charge in [-0.1, -0.05) is 30.3 Å². The number of likely N-dealkylation sites (N-methyl/N-ethyl adjacent to an activating group) is 1. The normalized spacial score (nSPS) is 16.0. The summed E-state index contributed by atoms with van der Waals surface area (Å²) in [5, 5.41) is 19.3. The first-order valence-corrected chi connectivity index (χ1v) is 17.6. The number of halogens is 1. The van der Waals surface area contributed by atoms with Gasteiger partial charge in [0.15, 0.2) is 12.7 Å². The molecular weight excluding hydrogens is 736 g/mol. The van der Waals surface area contributed by atoms with Crippen LogP contribution in [0.25, 0.3) is 0 Å². The Labute approximate surface area is 326 Å². The van der Waals surface area contributed by atoms with Gasteiger partial charge in [0.05, 0.1) is 18.5 Å². The summed E-state index contributed by atoms with van der Waals surface area (Å²) in [5.74, 6) is -4.44. The van der Waals surface area contributed by atoms with Crippen molar-refractivity contribution in [2.45, 2.75) is 95.1 Å². The van der Waals surface area contributed by atoms with Gasteiger partial charge in [-0.05, 0) is 76.3 Å². The van der Waals surface area contributed by atoms with E-state index in [4.69, 9.17) is 21.9 Å². The number of aliphatic hydroxyl groups is 1. The molecule has 302 valence electrons. The minimum Gasteiger partial charge on any atom is -0.484 e. The fourth-order valence-corrected chi connectivity index (χ4v) is 5.85. The number of nitrogens with zero attached hydrogens (tertiary/aromatic N) is 2. The van der Waals surface area contributed by atoms with E-state index in [-0.39, 0.29) is 49.9 Å². The van der Waals surface area contributed by atoms with Gasteiger partial charge in [0.2, 0.25) is 29.5 Å². The average molecular weight is 789 g/mol. The predicted molar refractivity (Wildman–Crippen MR) is 205 cm³/mol. The summed E-state index contributed by atoms with van der Waals surface area (Å²) < 4.78 is 5.54. The number of hydrogen-bond donors (Lipinski definition) is 7. The first-order valence-electron chi connectivity index (χ1n) is 17.6. The zero-order chi connectivity index (χ0) is 40.2. The number of carbonyl (C=O) groups is 7. The molecule has 3 rings (SSSR count). The van der Waals surface area contributed by atoms with Crippen LogP contribution in [0.4, 0.5) is 5.69 Å². The molecular formula is C37H53ClN8O9. The molecule has 10 N–H and O–H groups in total. The number of nitrogens with two attached hydrogens (primary N) is 3. The number of ether oxygens (including phenoxy) is 1. The van der Waals surface area contributed by atoms with Gasteiger partial charge in [-0.2, -0.15) is 0 Å². The highest BCUT2D eigenvalue weighted by molar-refractivity contribution is 5.97. The van der Waals surface area contributed by atoms with E-state index >= 15 is 0 Å². The van der Waals surface area contributed by atoms with Crippen LogP contribution in [0, 0.1) is 0 Å². The maximum atomic E-state index is 13.7. The van der Waals surface area contributed by atoms with E-state index in [1.165, 1.54) is 29.0 Å². The highest BCUT2D eigenvalue weighted by atomic mass is 35.5. The van der Waals surface area contributed by atoms with Gasteiger partial charge in [0.1, 0.15) is 17.8 Å². The number of nitrogens with one attached hydrogen (secondary N) is 3. The molecule has 0 radical (unpaired) electrons. The van der Waals surface area contributed by atoms with Crippen LogP contribution < -0.4 is 42.8 Å². The Hall–Kier alpha value is -5.26. The summed E-state index contributed by atoms with van der Waals surface area (Å²) in [5.41, 5.74) is 17.0. The minimum atomic E-state index is -1.78. The van der Waals surface area contributed by atoms with Gasteiger partial charge < -0.3 is 52.8 Å². The van der Waals surface area contributed by atoms with Crippen molar-refractivity contribution in [3.8, 4) is 5.75 Å². The second-order valence-corrected chi connectivity index (χ2v) is 14.3. The molecule has 5 atom stereocenters. The molecule has 1 saturated heterocycles. The molecule has 0 bridgehead atoms. The first kappa shape index (κ1) is 45.9. The van der Waals surface area contributed by atoms with E-state index in [2.05, 4.69) is 16.0 Å². The first-order chi connectivity index (χ1) is 25.4. The molecule has 0 saturated carbocycles. The van der Waals surface area contributed by atoms with Crippen molar-refractivity contribution >= 4 is 59.4 Å². The number of anilines is 1. The third-order valence-corrected chi connectivity index (χ3v) is 8.60. The molecule has 55 heavy (non-hydrogen) atoms. The van der Waals surface area contributed by atoms with Crippen LogP contribution in [-0.2, 0) is 40.0 Å². The Morgan fingerprint density at radius 2 is 1.60 bits per heavy atom. The van der Waals surface area contributed by atoms with Crippen molar-refractivity contribution in [1.29, 1.82) is 0 Å². The van der Waals surface area contributed by atoms with Crippen LogP contribution >= 0.6 is 12.4 Å². The van der Waals surface area contributed by atoms with Gasteiger partial charge in [0, 0.05) is 31.2 Å². The van der Waals surface area contributed by atoms with E-state index in [1.807, 2.05) is 20.8 Å². The zero-order valence-electron chi connectivity index (χ0n) is 31.5. The number of benzene rings is 2. The minimum absolute atomic E-state index is 0. The highest BCUT2D eigenvalue weighted by Crippen LogP contribution is 2.22. The lowest BCUT2D eigenvalue weighted by Crippen LogP contribution is -2.59. The summed E-state index contributed by atoms with van der Waals surface area (Å²) in [4.78, 5) is 91.5. The maximum Gasteiger partial charge on any atom is 0.258 e. The predicted octanol–water partition coefficient (Wildman–Crippen LogP) is -0.603. The van der Waals surface area contributed by atoms with Crippen LogP contribution in [0.2, 0.25) is 0 Å². The Bertz CT molecular complexity index is 1660. The second kappa shape index (κ2) is 21.0. The summed E-state index contributed by atoms with van der Waals surface area (Å²) >= 11 is 0. The smallest absolute Gasteiger partial charge is 0.258 e. The van der Waals surface area contributed by atoms with E-state index in [1.54, 1.807) is 42.5 Å². The number of carbonyl (C=O) groups excluding carboxylic acids is 7. The van der Waals surface area contributed by atoms with Crippen molar-refractivity contribution in [1.82, 2.24) is 20.9 Å². The highest BCUT2D eigenvalue weighted by Gasteiger charge is 2.41. The lowest BCUT2D eigenvalue weighted by Gasteiger charge is -2.32. The number of primary amides is 2. The Morgan fingerprint density at radius 1 is 0.964 bits per heavy atom. The largest absolute Gasteiger partial charge is 0.484 e. The van der Waals surface area contributed by atoms with E-state index in [9.17, 15) is 38.7 Å². The van der Waals surface area contributed by atoms with Crippen LogP contribution in [0.5, 0.6) is 5.75 Å². The number of rotatable bonds is 18. The molecule has 0 aliphatic carbocycles. The number of aliphatic hydroxyl groups excluding tert-OH is 1. The van der Waals surface area contributed by atoms with Crippen molar-refractivity contribution in [3.63, 3.8) is 0 Å². The number of amides is 7. The molecule has 0 spiro atoms. The molecule has 17 nitrogen and oxygen atoms in total. The molecule has 7 amide bonds. The molecule has 18 heteroatoms. The van der Waals surface area contributed by atoms with Crippen molar-refractivity contribution in [2.75, 3.05) is 25.1 Å². The SMILES string of the molecule is CN(C(=O)[C@@H](N)CCC(N)=O)c1ccc(OCC(=O)N[C@@H](CC(N)=O)C(=O)N[C@@H](Cc2ccccc2)[C@H](O)C(=O)N2CCC[C@H]2C(=O)NC(C)(C)C)cc1.Cl. The fraction of sp³-hybridized carbons (Fsp3) is 0.486. The van der Waals surface area contributed by atoms with E-state index in [0.29, 0.717) is 24.1 Å². The zero-order valence-corrected chi connectivity index (χ0v) is 32.3. The van der Waals surface area contributed by atoms with E-state index in [0.717, 1.165) is 0 Å². The monoisotopic (exact) mass is 788 g/mol. The Kier molecular flexibility index (Phi) is 17.5. The third-order valence-electron chi connectivity index (χ3n) is 8.60. The van der Waals surface area contributed by atoms with Crippen LogP contribution in [0.15, 0.2) is 54.6 Å². The number of likely N-dealkylation sites (tertiary alicyclic amines) is 1. The molecule has 1 aliphatic rings. The van der Waals surface area contributed by atoms with Crippen molar-refractivity contribution < 1.29 is 43.4 Å². The third kappa shape index (κ3) is 14.5. The van der Waals surface area contributed by atoms with E-state index < -0.39 is 84.3 Å². The van der Waals surface area contributed by atoms with Crippen LogP contribution in [0.3, 0.4) is 0 Å². The lowest BCUT2D eigenvalue weighted by atomic mass is 9.99. The topological polar surface area (TPSA) is 270 Å².